The van der Waals surface area contributed by atoms with Crippen molar-refractivity contribution in [3.63, 3.8) is 0 Å². The lowest BCUT2D eigenvalue weighted by atomic mass is 10.2. The van der Waals surface area contributed by atoms with Crippen LogP contribution in [0.15, 0.2) is 36.5 Å². The predicted molar refractivity (Wildman–Crippen MR) is 90.4 cm³/mol. The molecule has 1 amide bonds. The van der Waals surface area contributed by atoms with Crippen molar-refractivity contribution in [2.75, 3.05) is 27.4 Å². The molecule has 0 aliphatic carbocycles. The molecule has 1 saturated heterocycles. The Hall–Kier alpha value is -2.69. The molecule has 2 atom stereocenters. The molecule has 2 aromatic rings. The first kappa shape index (κ1) is 17.1. The van der Waals surface area contributed by atoms with E-state index in [0.29, 0.717) is 24.4 Å². The Morgan fingerprint density at radius 3 is 2.96 bits per heavy atom. The number of carbonyl (C=O) groups is 1. The summed E-state index contributed by atoms with van der Waals surface area (Å²) in [4.78, 5) is 14.6. The number of likely N-dealkylation sites (tertiary alicyclic amines) is 1. The number of hydrogen-bond donors (Lipinski definition) is 0. The molecule has 1 aliphatic heterocycles. The van der Waals surface area contributed by atoms with Crippen LogP contribution in [-0.2, 0) is 9.47 Å². The lowest BCUT2D eigenvalue weighted by molar-refractivity contribution is 0.0606. The van der Waals surface area contributed by atoms with E-state index in [4.69, 9.17) is 14.7 Å². The van der Waals surface area contributed by atoms with Gasteiger partial charge in [0.2, 0.25) is 0 Å². The molecule has 0 N–H and O–H groups in total. The third-order valence-corrected chi connectivity index (χ3v) is 4.38. The third kappa shape index (κ3) is 3.55. The number of amides is 1. The van der Waals surface area contributed by atoms with Crippen molar-refractivity contribution in [2.24, 2.45) is 0 Å². The van der Waals surface area contributed by atoms with Crippen molar-refractivity contribution < 1.29 is 14.3 Å². The standard InChI is InChI=1S/C18H20N4O3/c1-24-12-15-9-16(25-2)11-21(15)18(23)17-6-7-22(20-17)14-5-3-4-13(8-14)10-19/h3-8,15-16H,9,11-12H2,1-2H3/t15-,16+/m0/s1. The van der Waals surface area contributed by atoms with E-state index < -0.39 is 0 Å². The topological polar surface area (TPSA) is 80.4 Å². The normalized spacial score (nSPS) is 19.8. The van der Waals surface area contributed by atoms with E-state index in [9.17, 15) is 4.79 Å². The summed E-state index contributed by atoms with van der Waals surface area (Å²) in [6.45, 7) is 0.997. The van der Waals surface area contributed by atoms with Gasteiger partial charge in [0.25, 0.3) is 5.91 Å². The smallest absolute Gasteiger partial charge is 0.274 e. The quantitative estimate of drug-likeness (QED) is 0.826. The predicted octanol–water partition coefficient (Wildman–Crippen LogP) is 1.62. The largest absolute Gasteiger partial charge is 0.383 e. The van der Waals surface area contributed by atoms with Crippen LogP contribution in [0.1, 0.15) is 22.5 Å². The molecule has 1 aromatic carbocycles. The van der Waals surface area contributed by atoms with Crippen LogP contribution in [0.3, 0.4) is 0 Å². The van der Waals surface area contributed by atoms with Gasteiger partial charge in [-0.1, -0.05) is 6.07 Å². The van der Waals surface area contributed by atoms with Crippen LogP contribution in [-0.4, -0.2) is 60.1 Å². The second-order valence-corrected chi connectivity index (χ2v) is 5.97. The van der Waals surface area contributed by atoms with Crippen LogP contribution >= 0.6 is 0 Å². The number of methoxy groups -OCH3 is 2. The molecule has 2 heterocycles. The Morgan fingerprint density at radius 2 is 2.24 bits per heavy atom. The van der Waals surface area contributed by atoms with Crippen molar-refractivity contribution in [3.8, 4) is 11.8 Å². The first-order chi connectivity index (χ1) is 12.2. The Bertz CT molecular complexity index is 796. The number of nitriles is 1. The highest BCUT2D eigenvalue weighted by Crippen LogP contribution is 2.22. The molecule has 0 spiro atoms. The highest BCUT2D eigenvalue weighted by atomic mass is 16.5. The van der Waals surface area contributed by atoms with E-state index in [1.54, 1.807) is 54.3 Å². The Labute approximate surface area is 146 Å². The van der Waals surface area contributed by atoms with Gasteiger partial charge in [0.15, 0.2) is 5.69 Å². The van der Waals surface area contributed by atoms with E-state index in [0.717, 1.165) is 12.1 Å². The minimum absolute atomic E-state index is 0.0125. The minimum atomic E-state index is -0.142. The molecule has 0 radical (unpaired) electrons. The summed E-state index contributed by atoms with van der Waals surface area (Å²) in [6, 6.07) is 10.8. The summed E-state index contributed by atoms with van der Waals surface area (Å²) in [6.07, 6.45) is 2.48. The molecular formula is C18H20N4O3. The minimum Gasteiger partial charge on any atom is -0.383 e. The van der Waals surface area contributed by atoms with Crippen molar-refractivity contribution in [1.29, 1.82) is 5.26 Å². The van der Waals surface area contributed by atoms with E-state index in [1.165, 1.54) is 0 Å². The molecule has 1 aromatic heterocycles. The number of benzene rings is 1. The number of ether oxygens (including phenoxy) is 2. The highest BCUT2D eigenvalue weighted by Gasteiger charge is 2.36. The maximum Gasteiger partial charge on any atom is 0.274 e. The molecule has 3 rings (SSSR count). The van der Waals surface area contributed by atoms with Gasteiger partial charge >= 0.3 is 0 Å². The van der Waals surface area contributed by atoms with Gasteiger partial charge in [-0.05, 0) is 30.7 Å². The number of carbonyl (C=O) groups excluding carboxylic acids is 1. The fourth-order valence-electron chi connectivity index (χ4n) is 3.09. The molecule has 1 aliphatic rings. The number of hydrogen-bond acceptors (Lipinski definition) is 5. The number of rotatable bonds is 5. The maximum absolute atomic E-state index is 12.8. The zero-order valence-electron chi connectivity index (χ0n) is 14.3. The van der Waals surface area contributed by atoms with Crippen molar-refractivity contribution in [1.82, 2.24) is 14.7 Å². The van der Waals surface area contributed by atoms with Crippen LogP contribution in [0.4, 0.5) is 0 Å². The molecule has 0 saturated carbocycles. The monoisotopic (exact) mass is 340 g/mol. The number of nitrogens with zero attached hydrogens (tertiary/aromatic N) is 4. The second-order valence-electron chi connectivity index (χ2n) is 5.97. The van der Waals surface area contributed by atoms with Crippen molar-refractivity contribution in [2.45, 2.75) is 18.6 Å². The van der Waals surface area contributed by atoms with Crippen LogP contribution in [0.2, 0.25) is 0 Å². The zero-order valence-corrected chi connectivity index (χ0v) is 14.3. The zero-order chi connectivity index (χ0) is 17.8. The molecular weight excluding hydrogens is 320 g/mol. The Balaban J connectivity index is 1.81. The maximum atomic E-state index is 12.8. The summed E-state index contributed by atoms with van der Waals surface area (Å²) in [5, 5.41) is 13.4. The van der Waals surface area contributed by atoms with Gasteiger partial charge < -0.3 is 14.4 Å². The van der Waals surface area contributed by atoms with Gasteiger partial charge in [-0.3, -0.25) is 4.79 Å². The molecule has 0 bridgehead atoms. The van der Waals surface area contributed by atoms with Gasteiger partial charge in [-0.2, -0.15) is 10.4 Å². The van der Waals surface area contributed by atoms with Crippen molar-refractivity contribution >= 4 is 5.91 Å². The van der Waals surface area contributed by atoms with Gasteiger partial charge in [0, 0.05) is 27.0 Å². The Morgan fingerprint density at radius 1 is 1.40 bits per heavy atom. The fraction of sp³-hybridized carbons (Fsp3) is 0.389. The van der Waals surface area contributed by atoms with Gasteiger partial charge in [0.1, 0.15) is 0 Å². The first-order valence-electron chi connectivity index (χ1n) is 8.05. The molecule has 130 valence electrons. The van der Waals surface area contributed by atoms with Crippen molar-refractivity contribution in [3.05, 3.63) is 47.8 Å². The lowest BCUT2D eigenvalue weighted by Gasteiger charge is -2.22. The number of aromatic nitrogens is 2. The van der Waals surface area contributed by atoms with Crippen LogP contribution in [0, 0.1) is 11.3 Å². The van der Waals surface area contributed by atoms with E-state index in [-0.39, 0.29) is 18.1 Å². The first-order valence-corrected chi connectivity index (χ1v) is 8.05. The summed E-state index contributed by atoms with van der Waals surface area (Å²) in [5.74, 6) is -0.142. The summed E-state index contributed by atoms with van der Waals surface area (Å²) in [7, 11) is 3.28. The molecule has 0 unspecified atom stereocenters. The average Bonchev–Trinajstić information content (AvgIpc) is 3.29. The van der Waals surface area contributed by atoms with E-state index in [1.807, 2.05) is 6.07 Å². The molecule has 25 heavy (non-hydrogen) atoms. The highest BCUT2D eigenvalue weighted by molar-refractivity contribution is 5.92. The molecule has 1 fully saturated rings. The molecule has 7 nitrogen and oxygen atoms in total. The van der Waals surface area contributed by atoms with Gasteiger partial charge in [-0.25, -0.2) is 4.68 Å². The van der Waals surface area contributed by atoms with Crippen LogP contribution in [0.25, 0.3) is 5.69 Å². The van der Waals surface area contributed by atoms with Crippen LogP contribution < -0.4 is 0 Å². The Kier molecular flexibility index (Phi) is 5.12. The molecule has 7 heteroatoms. The van der Waals surface area contributed by atoms with E-state index >= 15 is 0 Å². The fourth-order valence-corrected chi connectivity index (χ4v) is 3.09. The van der Waals surface area contributed by atoms with Gasteiger partial charge in [-0.15, -0.1) is 0 Å². The second kappa shape index (κ2) is 7.47. The summed E-state index contributed by atoms with van der Waals surface area (Å²) < 4.78 is 12.2. The van der Waals surface area contributed by atoms with Gasteiger partial charge in [0.05, 0.1) is 36.1 Å². The third-order valence-electron chi connectivity index (χ3n) is 4.38. The summed E-state index contributed by atoms with van der Waals surface area (Å²) in [5.41, 5.74) is 1.64. The SMILES string of the molecule is COC[C@@H]1C[C@@H](OC)CN1C(=O)c1ccn(-c2cccc(C#N)c2)n1. The van der Waals surface area contributed by atoms with Crippen LogP contribution in [0.5, 0.6) is 0 Å². The summed E-state index contributed by atoms with van der Waals surface area (Å²) >= 11 is 0. The average molecular weight is 340 g/mol. The lowest BCUT2D eigenvalue weighted by Crippen LogP contribution is -2.38. The van der Waals surface area contributed by atoms with E-state index in [2.05, 4.69) is 11.2 Å².